The number of fused-ring (bicyclic) bond motifs is 1. The Morgan fingerprint density at radius 1 is 1.15 bits per heavy atom. The van der Waals surface area contributed by atoms with Crippen LogP contribution >= 0.6 is 0 Å². The molecule has 1 aromatic carbocycles. The van der Waals surface area contributed by atoms with Crippen LogP contribution in [-0.4, -0.2) is 15.1 Å². The van der Waals surface area contributed by atoms with Gasteiger partial charge in [0.1, 0.15) is 6.10 Å². The maximum absolute atomic E-state index is 10.6. The van der Waals surface area contributed by atoms with Crippen LogP contribution in [0.2, 0.25) is 0 Å². The van der Waals surface area contributed by atoms with E-state index in [0.29, 0.717) is 0 Å². The normalized spacial score (nSPS) is 12.5. The lowest BCUT2D eigenvalue weighted by Gasteiger charge is -2.15. The Bertz CT molecular complexity index is 740. The molecule has 0 aliphatic heterocycles. The minimum atomic E-state index is -0.639. The van der Waals surface area contributed by atoms with Gasteiger partial charge in [0.15, 0.2) is 0 Å². The molecule has 0 bridgehead atoms. The summed E-state index contributed by atoms with van der Waals surface area (Å²) < 4.78 is 0. The number of aryl methyl sites for hydroxylation is 1. The Labute approximate surface area is 117 Å². The van der Waals surface area contributed by atoms with Crippen LogP contribution in [0, 0.1) is 0 Å². The predicted octanol–water partition coefficient (Wildman–Crippen LogP) is 3.27. The third kappa shape index (κ3) is 2.28. The fourth-order valence-electron chi connectivity index (χ4n) is 2.43. The highest BCUT2D eigenvalue weighted by Crippen LogP contribution is 2.26. The van der Waals surface area contributed by atoms with Crippen molar-refractivity contribution < 1.29 is 5.11 Å². The molecule has 0 amide bonds. The van der Waals surface area contributed by atoms with Gasteiger partial charge in [0.05, 0.1) is 5.52 Å². The van der Waals surface area contributed by atoms with E-state index in [1.807, 2.05) is 42.6 Å². The van der Waals surface area contributed by atoms with Gasteiger partial charge < -0.3 is 5.11 Å². The Morgan fingerprint density at radius 2 is 2.05 bits per heavy atom. The summed E-state index contributed by atoms with van der Waals surface area (Å²) in [6.07, 6.45) is 5.52. The zero-order chi connectivity index (χ0) is 13.9. The third-order valence-corrected chi connectivity index (χ3v) is 3.56. The maximum atomic E-state index is 10.6. The van der Waals surface area contributed by atoms with Gasteiger partial charge in [0.2, 0.25) is 0 Å². The molecule has 1 atom stereocenters. The average molecular weight is 264 g/mol. The van der Waals surface area contributed by atoms with E-state index in [4.69, 9.17) is 0 Å². The molecule has 0 radical (unpaired) electrons. The van der Waals surface area contributed by atoms with Crippen molar-refractivity contribution >= 4 is 10.9 Å². The van der Waals surface area contributed by atoms with Gasteiger partial charge >= 0.3 is 0 Å². The molecule has 0 fully saturated rings. The molecule has 100 valence electrons. The van der Waals surface area contributed by atoms with Gasteiger partial charge in [-0.2, -0.15) is 0 Å². The molecule has 3 heteroatoms. The average Bonchev–Trinajstić information content (AvgIpc) is 2.53. The van der Waals surface area contributed by atoms with E-state index in [0.717, 1.165) is 34.0 Å². The van der Waals surface area contributed by atoms with E-state index in [9.17, 15) is 5.11 Å². The lowest BCUT2D eigenvalue weighted by molar-refractivity contribution is 0.219. The molecule has 0 saturated carbocycles. The largest absolute Gasteiger partial charge is 0.384 e. The summed E-state index contributed by atoms with van der Waals surface area (Å²) in [6, 6.07) is 11.7. The van der Waals surface area contributed by atoms with Crippen molar-refractivity contribution in [3.63, 3.8) is 0 Å². The molecule has 3 nitrogen and oxygen atoms in total. The van der Waals surface area contributed by atoms with Crippen LogP contribution in [-0.2, 0) is 6.42 Å². The number of hydrogen-bond donors (Lipinski definition) is 1. The number of benzene rings is 1. The second-order valence-electron chi connectivity index (χ2n) is 4.79. The fourth-order valence-corrected chi connectivity index (χ4v) is 2.43. The first-order chi connectivity index (χ1) is 9.79. The smallest absolute Gasteiger partial charge is 0.104 e. The van der Waals surface area contributed by atoms with Crippen molar-refractivity contribution in [2.75, 3.05) is 0 Å². The number of hydrogen-bond acceptors (Lipinski definition) is 3. The molecule has 0 spiro atoms. The first kappa shape index (κ1) is 12.8. The molecule has 1 unspecified atom stereocenters. The first-order valence-electron chi connectivity index (χ1n) is 6.75. The number of aromatic nitrogens is 2. The molecule has 20 heavy (non-hydrogen) atoms. The van der Waals surface area contributed by atoms with Crippen LogP contribution in [0.5, 0.6) is 0 Å². The Morgan fingerprint density at radius 3 is 2.90 bits per heavy atom. The van der Waals surface area contributed by atoms with Crippen molar-refractivity contribution in [3.05, 3.63) is 71.7 Å². The van der Waals surface area contributed by atoms with Gasteiger partial charge in [0, 0.05) is 24.0 Å². The molecule has 2 aromatic heterocycles. The summed E-state index contributed by atoms with van der Waals surface area (Å²) in [4.78, 5) is 8.46. The van der Waals surface area contributed by atoms with Gasteiger partial charge in [-0.1, -0.05) is 25.1 Å². The first-order valence-corrected chi connectivity index (χ1v) is 6.75. The highest BCUT2D eigenvalue weighted by Gasteiger charge is 2.14. The van der Waals surface area contributed by atoms with Crippen molar-refractivity contribution in [1.82, 2.24) is 9.97 Å². The zero-order valence-electron chi connectivity index (χ0n) is 11.3. The Hall–Kier alpha value is -2.26. The van der Waals surface area contributed by atoms with Crippen LogP contribution in [0.4, 0.5) is 0 Å². The van der Waals surface area contributed by atoms with Crippen LogP contribution in [0.25, 0.3) is 10.9 Å². The maximum Gasteiger partial charge on any atom is 0.104 e. The lowest BCUT2D eigenvalue weighted by atomic mass is 9.96. The minimum Gasteiger partial charge on any atom is -0.384 e. The molecular weight excluding hydrogens is 248 g/mol. The molecule has 1 N–H and O–H groups in total. The topological polar surface area (TPSA) is 46.0 Å². The molecular formula is C17H16N2O. The molecule has 3 aromatic rings. The third-order valence-electron chi connectivity index (χ3n) is 3.56. The Kier molecular flexibility index (Phi) is 3.44. The number of nitrogens with zero attached hydrogens (tertiary/aromatic N) is 2. The molecule has 3 rings (SSSR count). The summed E-state index contributed by atoms with van der Waals surface area (Å²) in [5, 5.41) is 11.7. The molecule has 2 heterocycles. The van der Waals surface area contributed by atoms with E-state index >= 15 is 0 Å². The lowest BCUT2D eigenvalue weighted by Crippen LogP contribution is -2.04. The van der Waals surface area contributed by atoms with E-state index in [1.54, 1.807) is 12.4 Å². The van der Waals surface area contributed by atoms with Crippen molar-refractivity contribution in [3.8, 4) is 0 Å². The van der Waals surface area contributed by atoms with E-state index in [-0.39, 0.29) is 0 Å². The van der Waals surface area contributed by atoms with Crippen LogP contribution in [0.3, 0.4) is 0 Å². The SMILES string of the molecule is CCc1cnccc1C(O)c1ccc2cccnc2c1. The van der Waals surface area contributed by atoms with E-state index in [2.05, 4.69) is 16.9 Å². The monoisotopic (exact) mass is 264 g/mol. The van der Waals surface area contributed by atoms with Crippen molar-refractivity contribution in [1.29, 1.82) is 0 Å². The van der Waals surface area contributed by atoms with Crippen LogP contribution in [0.1, 0.15) is 29.7 Å². The van der Waals surface area contributed by atoms with Gasteiger partial charge in [0.25, 0.3) is 0 Å². The quantitative estimate of drug-likeness (QED) is 0.789. The predicted molar refractivity (Wildman–Crippen MR) is 79.4 cm³/mol. The highest BCUT2D eigenvalue weighted by molar-refractivity contribution is 5.79. The second-order valence-corrected chi connectivity index (χ2v) is 4.79. The van der Waals surface area contributed by atoms with Crippen molar-refractivity contribution in [2.45, 2.75) is 19.4 Å². The fraction of sp³-hybridized carbons (Fsp3) is 0.176. The summed E-state index contributed by atoms with van der Waals surface area (Å²) in [5.41, 5.74) is 3.74. The number of rotatable bonds is 3. The van der Waals surface area contributed by atoms with Gasteiger partial charge in [-0.3, -0.25) is 9.97 Å². The minimum absolute atomic E-state index is 0.639. The van der Waals surface area contributed by atoms with Crippen molar-refractivity contribution in [2.24, 2.45) is 0 Å². The highest BCUT2D eigenvalue weighted by atomic mass is 16.3. The number of aliphatic hydroxyl groups is 1. The van der Waals surface area contributed by atoms with E-state index in [1.165, 1.54) is 0 Å². The molecule has 0 saturated heterocycles. The number of aliphatic hydroxyl groups excluding tert-OH is 1. The molecule has 0 aliphatic rings. The van der Waals surface area contributed by atoms with Gasteiger partial charge in [-0.25, -0.2) is 0 Å². The summed E-state index contributed by atoms with van der Waals surface area (Å²) >= 11 is 0. The van der Waals surface area contributed by atoms with E-state index < -0.39 is 6.10 Å². The van der Waals surface area contributed by atoms with Crippen LogP contribution in [0.15, 0.2) is 55.0 Å². The summed E-state index contributed by atoms with van der Waals surface area (Å²) in [7, 11) is 0. The summed E-state index contributed by atoms with van der Waals surface area (Å²) in [6.45, 7) is 2.06. The molecule has 0 aliphatic carbocycles. The number of pyridine rings is 2. The van der Waals surface area contributed by atoms with Gasteiger partial charge in [-0.15, -0.1) is 0 Å². The second kappa shape index (κ2) is 5.39. The van der Waals surface area contributed by atoms with Gasteiger partial charge in [-0.05, 0) is 41.3 Å². The van der Waals surface area contributed by atoms with Crippen LogP contribution < -0.4 is 0 Å². The zero-order valence-corrected chi connectivity index (χ0v) is 11.3. The Balaban J connectivity index is 2.05. The summed E-state index contributed by atoms with van der Waals surface area (Å²) in [5.74, 6) is 0. The standard InChI is InChI=1S/C17H16N2O/c1-2-12-11-18-9-7-15(12)17(20)14-6-5-13-4-3-8-19-16(13)10-14/h3-11,17,20H,2H2,1H3.